The first-order chi connectivity index (χ1) is 12.6. The number of hydrogen-bond donors (Lipinski definition) is 2. The van der Waals surface area contributed by atoms with E-state index in [2.05, 4.69) is 0 Å². The van der Waals surface area contributed by atoms with Crippen molar-refractivity contribution in [2.24, 2.45) is 0 Å². The highest BCUT2D eigenvalue weighted by atomic mass is 16.3. The Morgan fingerprint density at radius 3 is 2.65 bits per heavy atom. The van der Waals surface area contributed by atoms with E-state index in [9.17, 15) is 14.7 Å². The SMILES string of the molecule is O=C(C[C@]1(O)C(=O)N(C[NH+]2CCCCC2)c2ccccc21)c1ccco1. The Morgan fingerprint density at radius 2 is 1.92 bits per heavy atom. The van der Waals surface area contributed by atoms with Crippen LogP contribution >= 0.6 is 0 Å². The van der Waals surface area contributed by atoms with Gasteiger partial charge in [-0.1, -0.05) is 18.2 Å². The van der Waals surface area contributed by atoms with Gasteiger partial charge >= 0.3 is 0 Å². The Morgan fingerprint density at radius 1 is 1.15 bits per heavy atom. The lowest BCUT2D eigenvalue weighted by molar-refractivity contribution is -0.903. The summed E-state index contributed by atoms with van der Waals surface area (Å²) in [5, 5.41) is 11.2. The molecule has 6 heteroatoms. The highest BCUT2D eigenvalue weighted by Gasteiger charge is 2.52. The van der Waals surface area contributed by atoms with Gasteiger partial charge in [0.15, 0.2) is 18.0 Å². The monoisotopic (exact) mass is 355 g/mol. The fourth-order valence-corrected chi connectivity index (χ4v) is 4.02. The van der Waals surface area contributed by atoms with Crippen LogP contribution in [0.1, 0.15) is 41.8 Å². The summed E-state index contributed by atoms with van der Waals surface area (Å²) in [5.74, 6) is -0.645. The Balaban J connectivity index is 1.63. The number of para-hydroxylation sites is 1. The molecule has 2 aliphatic heterocycles. The van der Waals surface area contributed by atoms with Crippen molar-refractivity contribution in [3.8, 4) is 0 Å². The van der Waals surface area contributed by atoms with Crippen LogP contribution in [0.25, 0.3) is 0 Å². The third kappa shape index (κ3) is 2.85. The van der Waals surface area contributed by atoms with Gasteiger partial charge in [0.2, 0.25) is 5.78 Å². The first-order valence-corrected chi connectivity index (χ1v) is 9.14. The van der Waals surface area contributed by atoms with Gasteiger partial charge < -0.3 is 14.4 Å². The van der Waals surface area contributed by atoms with E-state index in [1.165, 1.54) is 17.6 Å². The molecule has 2 aromatic rings. The summed E-state index contributed by atoms with van der Waals surface area (Å²) in [6.07, 6.45) is 4.63. The van der Waals surface area contributed by atoms with Crippen molar-refractivity contribution in [3.05, 3.63) is 54.0 Å². The number of furan rings is 1. The number of carbonyl (C=O) groups is 2. The number of aliphatic hydroxyl groups is 1. The minimum Gasteiger partial charge on any atom is -0.461 e. The number of likely N-dealkylation sites (tertiary alicyclic amines) is 1. The molecule has 1 aromatic carbocycles. The van der Waals surface area contributed by atoms with Gasteiger partial charge in [-0.2, -0.15) is 0 Å². The highest BCUT2D eigenvalue weighted by molar-refractivity contribution is 6.10. The van der Waals surface area contributed by atoms with Crippen molar-refractivity contribution >= 4 is 17.4 Å². The molecule has 1 fully saturated rings. The maximum Gasteiger partial charge on any atom is 0.268 e. The molecule has 26 heavy (non-hydrogen) atoms. The molecular weight excluding hydrogens is 332 g/mol. The standard InChI is InChI=1S/C20H22N2O4/c23-17(18-9-6-12-26-18)13-20(25)15-7-2-3-8-16(15)22(19(20)24)14-21-10-4-1-5-11-21/h2-3,6-9,12,25H,1,4-5,10-11,13-14H2/p+1/t20-/m1/s1. The van der Waals surface area contributed by atoms with E-state index >= 15 is 0 Å². The van der Waals surface area contributed by atoms with Crippen LogP contribution < -0.4 is 9.80 Å². The quantitative estimate of drug-likeness (QED) is 0.788. The number of carbonyl (C=O) groups excluding carboxylic acids is 2. The number of fused-ring (bicyclic) bond motifs is 1. The maximum absolute atomic E-state index is 13.1. The van der Waals surface area contributed by atoms with Crippen LogP contribution in [0.4, 0.5) is 5.69 Å². The van der Waals surface area contributed by atoms with E-state index in [0.29, 0.717) is 17.9 Å². The number of nitrogens with zero attached hydrogens (tertiary/aromatic N) is 1. The zero-order valence-corrected chi connectivity index (χ0v) is 14.6. The highest BCUT2D eigenvalue weighted by Crippen LogP contribution is 2.42. The Hall–Kier alpha value is -2.44. The van der Waals surface area contributed by atoms with Crippen molar-refractivity contribution < 1.29 is 24.0 Å². The van der Waals surface area contributed by atoms with Crippen LogP contribution in [-0.2, 0) is 10.4 Å². The molecule has 6 nitrogen and oxygen atoms in total. The second-order valence-corrected chi connectivity index (χ2v) is 7.16. The number of nitrogens with one attached hydrogen (secondary N) is 1. The van der Waals surface area contributed by atoms with Crippen LogP contribution in [0, 0.1) is 0 Å². The molecule has 136 valence electrons. The number of rotatable bonds is 5. The van der Waals surface area contributed by atoms with Crippen LogP contribution in [0.2, 0.25) is 0 Å². The predicted octanol–water partition coefficient (Wildman–Crippen LogP) is 1.11. The second-order valence-electron chi connectivity index (χ2n) is 7.16. The first-order valence-electron chi connectivity index (χ1n) is 9.14. The van der Waals surface area contributed by atoms with E-state index < -0.39 is 11.5 Å². The topological polar surface area (TPSA) is 75.2 Å². The summed E-state index contributed by atoms with van der Waals surface area (Å²) in [4.78, 5) is 28.6. The molecule has 1 aromatic heterocycles. The average Bonchev–Trinajstić information content (AvgIpc) is 3.26. The van der Waals surface area contributed by atoms with E-state index in [1.54, 1.807) is 29.2 Å². The molecule has 0 spiro atoms. The molecule has 0 radical (unpaired) electrons. The van der Waals surface area contributed by atoms with Crippen LogP contribution in [0.5, 0.6) is 0 Å². The molecule has 4 rings (SSSR count). The van der Waals surface area contributed by atoms with Gasteiger partial charge in [0, 0.05) is 5.56 Å². The van der Waals surface area contributed by atoms with Gasteiger partial charge in [-0.25, -0.2) is 0 Å². The van der Waals surface area contributed by atoms with E-state index in [-0.39, 0.29) is 18.0 Å². The number of quaternary nitrogens is 1. The van der Waals surface area contributed by atoms with Crippen molar-refractivity contribution in [2.75, 3.05) is 24.7 Å². The number of Topliss-reactive ketones (excluding diaryl/α,β-unsaturated/α-hetero) is 1. The van der Waals surface area contributed by atoms with Gasteiger partial charge in [0.25, 0.3) is 5.91 Å². The predicted molar refractivity (Wildman–Crippen MR) is 94.9 cm³/mol. The summed E-state index contributed by atoms with van der Waals surface area (Å²) < 4.78 is 5.13. The lowest BCUT2D eigenvalue weighted by Crippen LogP contribution is -3.14. The van der Waals surface area contributed by atoms with Gasteiger partial charge in [0.05, 0.1) is 31.5 Å². The van der Waals surface area contributed by atoms with Crippen LogP contribution in [-0.4, -0.2) is 36.6 Å². The molecule has 1 saturated heterocycles. The van der Waals surface area contributed by atoms with E-state index in [1.807, 2.05) is 12.1 Å². The molecule has 3 heterocycles. The summed E-state index contributed by atoms with van der Waals surface area (Å²) in [6, 6.07) is 10.4. The summed E-state index contributed by atoms with van der Waals surface area (Å²) in [6.45, 7) is 2.57. The minimum atomic E-state index is -1.84. The molecule has 2 aliphatic rings. The maximum atomic E-state index is 13.1. The smallest absolute Gasteiger partial charge is 0.268 e. The molecule has 0 bridgehead atoms. The third-order valence-corrected chi connectivity index (χ3v) is 5.39. The lowest BCUT2D eigenvalue weighted by Gasteiger charge is -2.29. The van der Waals surface area contributed by atoms with Gasteiger partial charge in [-0.05, 0) is 37.5 Å². The number of amides is 1. The zero-order chi connectivity index (χ0) is 18.1. The molecule has 1 atom stereocenters. The Bertz CT molecular complexity index is 811. The molecule has 0 aliphatic carbocycles. The van der Waals surface area contributed by atoms with Crippen molar-refractivity contribution in [2.45, 2.75) is 31.3 Å². The van der Waals surface area contributed by atoms with Crippen molar-refractivity contribution in [1.29, 1.82) is 0 Å². The van der Waals surface area contributed by atoms with E-state index in [4.69, 9.17) is 4.42 Å². The average molecular weight is 355 g/mol. The molecule has 2 N–H and O–H groups in total. The summed E-state index contributed by atoms with van der Waals surface area (Å²) in [5.41, 5.74) is -0.637. The minimum absolute atomic E-state index is 0.156. The number of piperidine rings is 1. The Kier molecular flexibility index (Phi) is 4.38. The number of hydrogen-bond acceptors (Lipinski definition) is 4. The van der Waals surface area contributed by atoms with Gasteiger partial charge in [-0.3, -0.25) is 14.5 Å². The van der Waals surface area contributed by atoms with E-state index in [0.717, 1.165) is 25.9 Å². The zero-order valence-electron chi connectivity index (χ0n) is 14.6. The molecular formula is C20H23N2O4+. The van der Waals surface area contributed by atoms with Crippen LogP contribution in [0.3, 0.4) is 0 Å². The number of benzene rings is 1. The first kappa shape index (κ1) is 17.0. The van der Waals surface area contributed by atoms with Crippen molar-refractivity contribution in [1.82, 2.24) is 0 Å². The normalized spacial score (nSPS) is 23.3. The van der Waals surface area contributed by atoms with Gasteiger partial charge in [-0.15, -0.1) is 0 Å². The molecule has 0 unspecified atom stereocenters. The van der Waals surface area contributed by atoms with Crippen molar-refractivity contribution in [3.63, 3.8) is 0 Å². The van der Waals surface area contributed by atoms with Gasteiger partial charge in [0.1, 0.15) is 0 Å². The fourth-order valence-electron chi connectivity index (χ4n) is 4.02. The lowest BCUT2D eigenvalue weighted by atomic mass is 9.89. The second kappa shape index (κ2) is 6.70. The fraction of sp³-hybridized carbons (Fsp3) is 0.400. The largest absolute Gasteiger partial charge is 0.461 e. The third-order valence-electron chi connectivity index (χ3n) is 5.39. The summed E-state index contributed by atoms with van der Waals surface area (Å²) >= 11 is 0. The van der Waals surface area contributed by atoms with Crippen LogP contribution in [0.15, 0.2) is 47.1 Å². The molecule has 1 amide bonds. The number of anilines is 1. The summed E-state index contributed by atoms with van der Waals surface area (Å²) in [7, 11) is 0. The number of ketones is 1. The molecule has 0 saturated carbocycles. The Labute approximate surface area is 152 Å².